The highest BCUT2D eigenvalue weighted by Crippen LogP contribution is 2.25. The van der Waals surface area contributed by atoms with Gasteiger partial charge in [0.15, 0.2) is 6.61 Å². The Morgan fingerprint density at radius 1 is 0.900 bits per heavy atom. The summed E-state index contributed by atoms with van der Waals surface area (Å²) in [5.74, 6) is 0.0249. The smallest absolute Gasteiger partial charge is 0.342 e. The molecule has 0 aromatic heterocycles. The van der Waals surface area contributed by atoms with Crippen LogP contribution in [-0.4, -0.2) is 18.5 Å². The maximum absolute atomic E-state index is 12.5. The second-order valence-corrected chi connectivity index (χ2v) is 6.93. The topological polar surface area (TPSA) is 64.6 Å². The molecule has 1 atom stereocenters. The Kier molecular flexibility index (Phi) is 7.22. The summed E-state index contributed by atoms with van der Waals surface area (Å²) in [6.45, 7) is 3.65. The van der Waals surface area contributed by atoms with Crippen LogP contribution in [0.3, 0.4) is 0 Å². The summed E-state index contributed by atoms with van der Waals surface area (Å²) in [6, 6.07) is 23.8. The van der Waals surface area contributed by atoms with Gasteiger partial charge in [0.1, 0.15) is 17.1 Å². The molecule has 0 radical (unpaired) electrons. The minimum absolute atomic E-state index is 0.134. The maximum atomic E-state index is 12.5. The van der Waals surface area contributed by atoms with Crippen molar-refractivity contribution < 1.29 is 19.1 Å². The van der Waals surface area contributed by atoms with Gasteiger partial charge in [0.25, 0.3) is 5.91 Å². The van der Waals surface area contributed by atoms with Gasteiger partial charge in [-0.25, -0.2) is 4.79 Å². The predicted octanol–water partition coefficient (Wildman–Crippen LogP) is 5.21. The van der Waals surface area contributed by atoms with Crippen LogP contribution in [0.15, 0.2) is 78.9 Å². The van der Waals surface area contributed by atoms with E-state index in [0.29, 0.717) is 11.5 Å². The first-order valence-corrected chi connectivity index (χ1v) is 9.91. The fraction of sp³-hybridized carbons (Fsp3) is 0.200. The molecule has 0 bridgehead atoms. The first-order valence-electron chi connectivity index (χ1n) is 9.91. The van der Waals surface area contributed by atoms with Gasteiger partial charge in [-0.05, 0) is 43.2 Å². The van der Waals surface area contributed by atoms with Gasteiger partial charge >= 0.3 is 5.97 Å². The third-order valence-corrected chi connectivity index (χ3v) is 4.64. The molecule has 0 unspecified atom stereocenters. The number of ether oxygens (including phenoxy) is 2. The van der Waals surface area contributed by atoms with Crippen LogP contribution in [0.5, 0.6) is 11.5 Å². The first-order chi connectivity index (χ1) is 14.6. The lowest BCUT2D eigenvalue weighted by atomic mass is 10.0. The molecule has 0 fully saturated rings. The molecular formula is C25H25NO4. The standard InChI is InChI=1S/C25H25NO4/c1-3-22(19-15-13-18(2)14-16-19)26-24(27)17-29-25(28)21-11-7-8-12-23(21)30-20-9-5-4-6-10-20/h4-16,22H,3,17H2,1-2H3,(H,26,27)/t22-/m0/s1. The molecular weight excluding hydrogens is 378 g/mol. The molecule has 154 valence electrons. The summed E-state index contributed by atoms with van der Waals surface area (Å²) in [6.07, 6.45) is 0.733. The Bertz CT molecular complexity index is 984. The number of aryl methyl sites for hydroxylation is 1. The number of carbonyl (C=O) groups excluding carboxylic acids is 2. The van der Waals surface area contributed by atoms with E-state index in [9.17, 15) is 9.59 Å². The van der Waals surface area contributed by atoms with Gasteiger partial charge < -0.3 is 14.8 Å². The molecule has 3 rings (SSSR count). The SMILES string of the molecule is CC[C@H](NC(=O)COC(=O)c1ccccc1Oc1ccccc1)c1ccc(C)cc1. The fourth-order valence-electron chi connectivity index (χ4n) is 3.00. The fourth-order valence-corrected chi connectivity index (χ4v) is 3.00. The summed E-state index contributed by atoms with van der Waals surface area (Å²) >= 11 is 0. The Balaban J connectivity index is 1.60. The van der Waals surface area contributed by atoms with Gasteiger partial charge in [-0.2, -0.15) is 0 Å². The highest BCUT2D eigenvalue weighted by atomic mass is 16.5. The molecule has 0 saturated carbocycles. The highest BCUT2D eigenvalue weighted by Gasteiger charge is 2.18. The van der Waals surface area contributed by atoms with Crippen LogP contribution in [-0.2, 0) is 9.53 Å². The van der Waals surface area contributed by atoms with Crippen LogP contribution in [0.25, 0.3) is 0 Å². The Hall–Kier alpha value is -3.60. The summed E-state index contributed by atoms with van der Waals surface area (Å²) in [7, 11) is 0. The van der Waals surface area contributed by atoms with Crippen molar-refractivity contribution in [2.24, 2.45) is 0 Å². The van der Waals surface area contributed by atoms with E-state index in [2.05, 4.69) is 5.32 Å². The summed E-state index contributed by atoms with van der Waals surface area (Å²) < 4.78 is 11.0. The van der Waals surface area contributed by atoms with Gasteiger partial charge in [0.05, 0.1) is 6.04 Å². The zero-order chi connectivity index (χ0) is 21.3. The minimum Gasteiger partial charge on any atom is -0.456 e. The number of benzene rings is 3. The van der Waals surface area contributed by atoms with Gasteiger partial charge in [-0.1, -0.05) is 67.1 Å². The molecule has 5 heteroatoms. The lowest BCUT2D eigenvalue weighted by Crippen LogP contribution is -2.32. The van der Waals surface area contributed by atoms with E-state index < -0.39 is 5.97 Å². The van der Waals surface area contributed by atoms with Gasteiger partial charge in [-0.15, -0.1) is 0 Å². The van der Waals surface area contributed by atoms with Gasteiger partial charge in [-0.3, -0.25) is 4.79 Å². The largest absolute Gasteiger partial charge is 0.456 e. The minimum atomic E-state index is -0.611. The third-order valence-electron chi connectivity index (χ3n) is 4.64. The molecule has 0 heterocycles. The van der Waals surface area contributed by atoms with Crippen molar-refractivity contribution in [3.8, 4) is 11.5 Å². The van der Waals surface area contributed by atoms with Gasteiger partial charge in [0.2, 0.25) is 0 Å². The normalized spacial score (nSPS) is 11.4. The number of carbonyl (C=O) groups is 2. The third kappa shape index (κ3) is 5.70. The Morgan fingerprint density at radius 3 is 2.27 bits per heavy atom. The molecule has 5 nitrogen and oxygen atoms in total. The van der Waals surface area contributed by atoms with Crippen LogP contribution in [0.4, 0.5) is 0 Å². The monoisotopic (exact) mass is 403 g/mol. The summed E-state index contributed by atoms with van der Waals surface area (Å²) in [5, 5.41) is 2.92. The number of esters is 1. The van der Waals surface area contributed by atoms with E-state index in [1.165, 1.54) is 0 Å². The average Bonchev–Trinajstić information content (AvgIpc) is 2.77. The number of hydrogen-bond donors (Lipinski definition) is 1. The van der Waals surface area contributed by atoms with Crippen LogP contribution in [0, 0.1) is 6.92 Å². The maximum Gasteiger partial charge on any atom is 0.342 e. The van der Waals surface area contributed by atoms with Crippen LogP contribution >= 0.6 is 0 Å². The molecule has 0 aliphatic carbocycles. The zero-order valence-corrected chi connectivity index (χ0v) is 17.1. The van der Waals surface area contributed by atoms with Crippen molar-refractivity contribution in [2.75, 3.05) is 6.61 Å². The molecule has 1 amide bonds. The van der Waals surface area contributed by atoms with Crippen molar-refractivity contribution in [3.05, 3.63) is 95.6 Å². The molecule has 30 heavy (non-hydrogen) atoms. The second kappa shape index (κ2) is 10.3. The average molecular weight is 403 g/mol. The number of nitrogens with one attached hydrogen (secondary N) is 1. The van der Waals surface area contributed by atoms with Crippen molar-refractivity contribution in [1.29, 1.82) is 0 Å². The van der Waals surface area contributed by atoms with E-state index in [0.717, 1.165) is 17.5 Å². The van der Waals surface area contributed by atoms with Crippen molar-refractivity contribution in [2.45, 2.75) is 26.3 Å². The summed E-state index contributed by atoms with van der Waals surface area (Å²) in [4.78, 5) is 24.9. The lowest BCUT2D eigenvalue weighted by Gasteiger charge is -2.18. The number of rotatable bonds is 8. The van der Waals surface area contributed by atoms with E-state index in [-0.39, 0.29) is 24.1 Å². The Morgan fingerprint density at radius 2 is 1.57 bits per heavy atom. The zero-order valence-electron chi connectivity index (χ0n) is 17.1. The molecule has 1 N–H and O–H groups in total. The number of hydrogen-bond acceptors (Lipinski definition) is 4. The summed E-state index contributed by atoms with van der Waals surface area (Å²) in [5.41, 5.74) is 2.44. The van der Waals surface area contributed by atoms with Crippen LogP contribution < -0.4 is 10.1 Å². The van der Waals surface area contributed by atoms with E-state index in [4.69, 9.17) is 9.47 Å². The number of amides is 1. The molecule has 3 aromatic rings. The van der Waals surface area contributed by atoms with Crippen molar-refractivity contribution in [3.63, 3.8) is 0 Å². The molecule has 0 aliphatic rings. The molecule has 0 saturated heterocycles. The van der Waals surface area contributed by atoms with E-state index in [1.807, 2.05) is 56.3 Å². The molecule has 3 aromatic carbocycles. The number of para-hydroxylation sites is 2. The van der Waals surface area contributed by atoms with E-state index in [1.54, 1.807) is 36.4 Å². The molecule has 0 spiro atoms. The Labute approximate surface area is 176 Å². The lowest BCUT2D eigenvalue weighted by molar-refractivity contribution is -0.125. The second-order valence-electron chi connectivity index (χ2n) is 6.93. The van der Waals surface area contributed by atoms with Crippen molar-refractivity contribution >= 4 is 11.9 Å². The van der Waals surface area contributed by atoms with E-state index >= 15 is 0 Å². The van der Waals surface area contributed by atoms with Crippen LogP contribution in [0.1, 0.15) is 40.9 Å². The van der Waals surface area contributed by atoms with Crippen molar-refractivity contribution in [1.82, 2.24) is 5.32 Å². The quantitative estimate of drug-likeness (QED) is 0.524. The van der Waals surface area contributed by atoms with Crippen LogP contribution in [0.2, 0.25) is 0 Å². The molecule has 0 aliphatic heterocycles. The highest BCUT2D eigenvalue weighted by molar-refractivity contribution is 5.94. The first kappa shape index (κ1) is 21.1. The predicted molar refractivity (Wildman–Crippen MR) is 116 cm³/mol. The van der Waals surface area contributed by atoms with Gasteiger partial charge in [0, 0.05) is 0 Å².